The molecule has 0 saturated heterocycles. The third-order valence-electron chi connectivity index (χ3n) is 2.63. The zero-order chi connectivity index (χ0) is 12.9. The molecule has 0 aliphatic carbocycles. The van der Waals surface area contributed by atoms with Crippen molar-refractivity contribution < 1.29 is 8.81 Å². The average Bonchev–Trinajstić information content (AvgIpc) is 2.84. The van der Waals surface area contributed by atoms with Crippen molar-refractivity contribution in [3.05, 3.63) is 33.9 Å². The summed E-state index contributed by atoms with van der Waals surface area (Å²) in [5.41, 5.74) is 8.29. The number of nitrogen functional groups attached to an aromatic ring is 1. The van der Waals surface area contributed by atoms with Crippen molar-refractivity contribution in [1.29, 1.82) is 0 Å². The predicted molar refractivity (Wildman–Crippen MR) is 71.4 cm³/mol. The highest BCUT2D eigenvalue weighted by Gasteiger charge is 2.16. The minimum absolute atomic E-state index is 0.204. The van der Waals surface area contributed by atoms with Gasteiger partial charge in [0.15, 0.2) is 5.58 Å². The van der Waals surface area contributed by atoms with Crippen LogP contribution in [0.15, 0.2) is 21.9 Å². The zero-order valence-electron chi connectivity index (χ0n) is 9.33. The molecule has 2 N–H and O–H groups in total. The first-order chi connectivity index (χ1) is 8.56. The van der Waals surface area contributed by atoms with E-state index in [1.807, 2.05) is 12.3 Å². The van der Waals surface area contributed by atoms with Gasteiger partial charge in [0.2, 0.25) is 5.89 Å². The van der Waals surface area contributed by atoms with Crippen LogP contribution < -0.4 is 5.73 Å². The second kappa shape index (κ2) is 3.96. The van der Waals surface area contributed by atoms with E-state index in [9.17, 15) is 4.39 Å². The van der Waals surface area contributed by atoms with Crippen LogP contribution in [0, 0.1) is 12.7 Å². The molecule has 0 fully saturated rings. The summed E-state index contributed by atoms with van der Waals surface area (Å²) in [5.74, 6) is -0.0733. The average molecular weight is 283 g/mol. The monoisotopic (exact) mass is 282 g/mol. The van der Waals surface area contributed by atoms with Crippen LogP contribution in [-0.4, -0.2) is 4.98 Å². The van der Waals surface area contributed by atoms with Crippen LogP contribution >= 0.6 is 22.9 Å². The topological polar surface area (TPSA) is 52.0 Å². The summed E-state index contributed by atoms with van der Waals surface area (Å²) in [5, 5.41) is 2.12. The number of rotatable bonds is 1. The minimum Gasteiger partial charge on any atom is -0.434 e. The van der Waals surface area contributed by atoms with Crippen LogP contribution in [-0.2, 0) is 0 Å². The molecular weight excluding hydrogens is 275 g/mol. The number of nitrogens with zero attached hydrogens (tertiary/aromatic N) is 1. The number of aromatic nitrogens is 1. The van der Waals surface area contributed by atoms with Gasteiger partial charge in [0.1, 0.15) is 16.2 Å². The van der Waals surface area contributed by atoms with Crippen molar-refractivity contribution >= 4 is 39.7 Å². The van der Waals surface area contributed by atoms with Crippen LogP contribution in [0.2, 0.25) is 5.02 Å². The Morgan fingerprint density at radius 3 is 2.89 bits per heavy atom. The molecule has 0 amide bonds. The maximum Gasteiger partial charge on any atom is 0.239 e. The lowest BCUT2D eigenvalue weighted by Gasteiger charge is -1.93. The van der Waals surface area contributed by atoms with Crippen molar-refractivity contribution in [1.82, 2.24) is 4.98 Å². The molecule has 6 heteroatoms. The minimum atomic E-state index is -0.442. The molecule has 3 aromatic rings. The van der Waals surface area contributed by atoms with Gasteiger partial charge in [-0.3, -0.25) is 0 Å². The number of fused-ring (bicyclic) bond motifs is 1. The van der Waals surface area contributed by atoms with E-state index >= 15 is 0 Å². The predicted octanol–water partition coefficient (Wildman–Crippen LogP) is 4.24. The Morgan fingerprint density at radius 2 is 2.22 bits per heavy atom. The number of nitrogens with two attached hydrogens (primary N) is 1. The molecule has 0 radical (unpaired) electrons. The van der Waals surface area contributed by atoms with E-state index in [4.69, 9.17) is 21.8 Å². The van der Waals surface area contributed by atoms with Crippen molar-refractivity contribution in [3.8, 4) is 10.8 Å². The number of hydrogen-bond donors (Lipinski definition) is 1. The van der Waals surface area contributed by atoms with Crippen molar-refractivity contribution in [3.63, 3.8) is 0 Å². The molecule has 2 heterocycles. The number of aryl methyl sites for hydroxylation is 1. The second-order valence-corrected chi connectivity index (χ2v) is 5.20. The zero-order valence-corrected chi connectivity index (χ0v) is 10.9. The highest BCUT2D eigenvalue weighted by molar-refractivity contribution is 7.14. The van der Waals surface area contributed by atoms with Gasteiger partial charge < -0.3 is 10.2 Å². The maximum atomic E-state index is 13.2. The number of halogens is 2. The molecule has 0 atom stereocenters. The smallest absolute Gasteiger partial charge is 0.239 e. The lowest BCUT2D eigenvalue weighted by Crippen LogP contribution is -1.86. The SMILES string of the molecule is Cc1csc(-c2nc3cc(F)cc(Cl)c3o2)c1N. The molecule has 0 aliphatic rings. The number of hydrogen-bond acceptors (Lipinski definition) is 4. The van der Waals surface area contributed by atoms with E-state index < -0.39 is 5.82 Å². The third-order valence-corrected chi connectivity index (χ3v) is 4.01. The van der Waals surface area contributed by atoms with Gasteiger partial charge in [0.25, 0.3) is 0 Å². The van der Waals surface area contributed by atoms with Crippen LogP contribution in [0.25, 0.3) is 21.9 Å². The highest BCUT2D eigenvalue weighted by Crippen LogP contribution is 2.37. The van der Waals surface area contributed by atoms with Gasteiger partial charge in [0.05, 0.1) is 10.7 Å². The van der Waals surface area contributed by atoms with Crippen LogP contribution in [0.3, 0.4) is 0 Å². The molecular formula is C12H8ClFN2OS. The number of benzene rings is 1. The van der Waals surface area contributed by atoms with Crippen LogP contribution in [0.5, 0.6) is 0 Å². The summed E-state index contributed by atoms with van der Waals surface area (Å²) in [6.07, 6.45) is 0. The highest BCUT2D eigenvalue weighted by atomic mass is 35.5. The molecule has 3 nitrogen and oxygen atoms in total. The number of oxazole rings is 1. The quantitative estimate of drug-likeness (QED) is 0.726. The molecule has 0 aliphatic heterocycles. The first-order valence-electron chi connectivity index (χ1n) is 5.16. The third kappa shape index (κ3) is 1.67. The van der Waals surface area contributed by atoms with Gasteiger partial charge >= 0.3 is 0 Å². The van der Waals surface area contributed by atoms with Gasteiger partial charge in [-0.2, -0.15) is 0 Å². The van der Waals surface area contributed by atoms with E-state index in [0.29, 0.717) is 22.7 Å². The molecule has 2 aromatic heterocycles. The summed E-state index contributed by atoms with van der Waals surface area (Å²) < 4.78 is 18.8. The lowest BCUT2D eigenvalue weighted by atomic mass is 10.3. The van der Waals surface area contributed by atoms with Gasteiger partial charge in [-0.25, -0.2) is 9.37 Å². The Balaban J connectivity index is 2.25. The van der Waals surface area contributed by atoms with E-state index in [0.717, 1.165) is 10.4 Å². The lowest BCUT2D eigenvalue weighted by molar-refractivity contribution is 0.615. The molecule has 92 valence electrons. The van der Waals surface area contributed by atoms with Crippen LogP contribution in [0.4, 0.5) is 10.1 Å². The Bertz CT molecular complexity index is 750. The second-order valence-electron chi connectivity index (χ2n) is 3.92. The van der Waals surface area contributed by atoms with Gasteiger partial charge in [0, 0.05) is 6.07 Å². The summed E-state index contributed by atoms with van der Waals surface area (Å²) in [6, 6.07) is 2.48. The van der Waals surface area contributed by atoms with E-state index in [-0.39, 0.29) is 5.02 Å². The Kier molecular flexibility index (Phi) is 2.53. The maximum absolute atomic E-state index is 13.2. The largest absolute Gasteiger partial charge is 0.434 e. The summed E-state index contributed by atoms with van der Waals surface area (Å²) >= 11 is 7.34. The van der Waals surface area contributed by atoms with Crippen molar-refractivity contribution in [2.75, 3.05) is 5.73 Å². The van der Waals surface area contributed by atoms with Gasteiger partial charge in [-0.1, -0.05) is 11.6 Å². The fraction of sp³-hybridized carbons (Fsp3) is 0.0833. The Morgan fingerprint density at radius 1 is 1.44 bits per heavy atom. The molecule has 1 aromatic carbocycles. The first-order valence-corrected chi connectivity index (χ1v) is 6.41. The molecule has 3 rings (SSSR count). The van der Waals surface area contributed by atoms with E-state index in [2.05, 4.69) is 4.98 Å². The number of anilines is 1. The normalized spacial score (nSPS) is 11.3. The fourth-order valence-corrected chi connectivity index (χ4v) is 2.81. The first kappa shape index (κ1) is 11.5. The van der Waals surface area contributed by atoms with Crippen molar-refractivity contribution in [2.45, 2.75) is 6.92 Å². The van der Waals surface area contributed by atoms with E-state index in [1.165, 1.54) is 23.5 Å². The van der Waals surface area contributed by atoms with Gasteiger partial charge in [-0.15, -0.1) is 11.3 Å². The standard InChI is InChI=1S/C12H8ClFN2OS/c1-5-4-18-11(9(5)15)12-16-8-3-6(14)2-7(13)10(8)17-12/h2-4H,15H2,1H3. The molecule has 0 spiro atoms. The molecule has 0 saturated carbocycles. The van der Waals surface area contributed by atoms with Crippen molar-refractivity contribution in [2.24, 2.45) is 0 Å². The fourth-order valence-electron chi connectivity index (χ4n) is 1.68. The molecule has 0 bridgehead atoms. The van der Waals surface area contributed by atoms with Gasteiger partial charge in [-0.05, 0) is 23.9 Å². The van der Waals surface area contributed by atoms with Crippen LogP contribution in [0.1, 0.15) is 5.56 Å². The number of thiophene rings is 1. The van der Waals surface area contributed by atoms with E-state index in [1.54, 1.807) is 0 Å². The summed E-state index contributed by atoms with van der Waals surface area (Å²) in [6.45, 7) is 1.91. The Hall–Kier alpha value is -1.59. The summed E-state index contributed by atoms with van der Waals surface area (Å²) in [4.78, 5) is 4.95. The Labute approximate surface area is 111 Å². The molecule has 0 unspecified atom stereocenters. The molecule has 18 heavy (non-hydrogen) atoms. The summed E-state index contributed by atoms with van der Waals surface area (Å²) in [7, 11) is 0.